The summed E-state index contributed by atoms with van der Waals surface area (Å²) in [4.78, 5) is 21.0. The molecule has 0 unspecified atom stereocenters. The minimum Gasteiger partial charge on any atom is -0.330 e. The van der Waals surface area contributed by atoms with Crippen LogP contribution in [-0.4, -0.2) is 52.8 Å². The molecule has 3 rings (SSSR count). The standard InChI is InChI=1S/C17H21N5O.C2H6O3S/c1-11(2)9-22-10-19-15-16(22)12-6-4-5-7-13(12)20-17(15)21-14(23)8-18-3;1-2-6(3,4)5/h4-7,10-11,18H,8-9H2,1-3H3,(H,20,21,23);2H2,1H3,(H,3,4,5). The van der Waals surface area contributed by atoms with Gasteiger partial charge in [0.15, 0.2) is 5.82 Å². The molecule has 3 N–H and O–H groups in total. The van der Waals surface area contributed by atoms with Crippen molar-refractivity contribution in [3.8, 4) is 0 Å². The van der Waals surface area contributed by atoms with Gasteiger partial charge in [0.25, 0.3) is 10.1 Å². The number of nitrogens with one attached hydrogen (secondary N) is 2. The molecule has 0 bridgehead atoms. The van der Waals surface area contributed by atoms with Gasteiger partial charge in [0.1, 0.15) is 5.52 Å². The first-order valence-corrected chi connectivity index (χ1v) is 10.9. The molecule has 3 aromatic rings. The predicted molar refractivity (Wildman–Crippen MR) is 115 cm³/mol. The molecule has 0 atom stereocenters. The van der Waals surface area contributed by atoms with Gasteiger partial charge in [-0.25, -0.2) is 9.97 Å². The second-order valence-electron chi connectivity index (χ2n) is 6.91. The Labute approximate surface area is 170 Å². The molecule has 29 heavy (non-hydrogen) atoms. The van der Waals surface area contributed by atoms with E-state index in [1.807, 2.05) is 30.6 Å². The van der Waals surface area contributed by atoms with Crippen LogP contribution in [-0.2, 0) is 21.5 Å². The molecule has 2 aromatic heterocycles. The summed E-state index contributed by atoms with van der Waals surface area (Å²) in [5, 5.41) is 6.74. The summed E-state index contributed by atoms with van der Waals surface area (Å²) >= 11 is 0. The number of fused-ring (bicyclic) bond motifs is 3. The third kappa shape index (κ3) is 6.21. The van der Waals surface area contributed by atoms with Crippen LogP contribution in [0.1, 0.15) is 20.8 Å². The number of hydrogen-bond acceptors (Lipinski definition) is 6. The number of likely N-dealkylation sites (N-methyl/N-ethyl adjacent to an activating group) is 1. The Bertz CT molecular complexity index is 1090. The van der Waals surface area contributed by atoms with Crippen LogP contribution in [0, 0.1) is 5.92 Å². The molecule has 0 saturated heterocycles. The average Bonchev–Trinajstić information content (AvgIpc) is 3.05. The Morgan fingerprint density at radius 1 is 1.28 bits per heavy atom. The summed E-state index contributed by atoms with van der Waals surface area (Å²) in [5.74, 6) is 0.686. The number of carbonyl (C=O) groups is 1. The summed E-state index contributed by atoms with van der Waals surface area (Å²) in [5.41, 5.74) is 2.60. The fourth-order valence-electron chi connectivity index (χ4n) is 2.74. The average molecular weight is 422 g/mol. The van der Waals surface area contributed by atoms with Crippen LogP contribution in [0.2, 0.25) is 0 Å². The maximum absolute atomic E-state index is 11.9. The lowest BCUT2D eigenvalue weighted by atomic mass is 10.1. The van der Waals surface area contributed by atoms with Crippen LogP contribution in [0.15, 0.2) is 30.6 Å². The fraction of sp³-hybridized carbons (Fsp3) is 0.421. The topological polar surface area (TPSA) is 126 Å². The van der Waals surface area contributed by atoms with Gasteiger partial charge in [0, 0.05) is 11.9 Å². The van der Waals surface area contributed by atoms with E-state index in [-0.39, 0.29) is 18.2 Å². The van der Waals surface area contributed by atoms with Crippen LogP contribution in [0.3, 0.4) is 0 Å². The molecule has 0 aliphatic heterocycles. The predicted octanol–water partition coefficient (Wildman–Crippen LogP) is 2.29. The largest absolute Gasteiger partial charge is 0.330 e. The Balaban J connectivity index is 0.000000438. The molecule has 158 valence electrons. The van der Waals surface area contributed by atoms with Crippen LogP contribution >= 0.6 is 0 Å². The smallest absolute Gasteiger partial charge is 0.264 e. The van der Waals surface area contributed by atoms with Crippen molar-refractivity contribution in [3.05, 3.63) is 30.6 Å². The summed E-state index contributed by atoms with van der Waals surface area (Å²) in [6.45, 7) is 6.82. The van der Waals surface area contributed by atoms with Crippen molar-refractivity contribution < 1.29 is 17.8 Å². The van der Waals surface area contributed by atoms with E-state index in [0.29, 0.717) is 11.7 Å². The second kappa shape index (κ2) is 9.77. The molecule has 9 nitrogen and oxygen atoms in total. The molecule has 1 amide bonds. The summed E-state index contributed by atoms with van der Waals surface area (Å²) in [6, 6.07) is 7.94. The highest BCUT2D eigenvalue weighted by molar-refractivity contribution is 7.85. The van der Waals surface area contributed by atoms with E-state index in [2.05, 4.69) is 39.0 Å². The van der Waals surface area contributed by atoms with Crippen molar-refractivity contribution in [1.82, 2.24) is 19.9 Å². The maximum atomic E-state index is 11.9. The summed E-state index contributed by atoms with van der Waals surface area (Å²) in [7, 11) is -1.93. The van der Waals surface area contributed by atoms with E-state index in [1.54, 1.807) is 7.05 Å². The molecule has 0 spiro atoms. The highest BCUT2D eigenvalue weighted by Gasteiger charge is 2.15. The van der Waals surface area contributed by atoms with Crippen molar-refractivity contribution in [3.63, 3.8) is 0 Å². The number of nitrogens with zero attached hydrogens (tertiary/aromatic N) is 3. The van der Waals surface area contributed by atoms with Gasteiger partial charge in [-0.05, 0) is 26.0 Å². The zero-order valence-corrected chi connectivity index (χ0v) is 17.8. The first-order chi connectivity index (χ1) is 13.7. The van der Waals surface area contributed by atoms with Gasteiger partial charge in [-0.3, -0.25) is 9.35 Å². The van der Waals surface area contributed by atoms with Crippen LogP contribution < -0.4 is 10.6 Å². The number of carbonyl (C=O) groups excluding carboxylic acids is 1. The van der Waals surface area contributed by atoms with E-state index in [1.165, 1.54) is 6.92 Å². The lowest BCUT2D eigenvalue weighted by Crippen LogP contribution is -2.25. The number of amides is 1. The minimum atomic E-state index is -3.66. The monoisotopic (exact) mass is 421 g/mol. The Kier molecular flexibility index (Phi) is 7.66. The van der Waals surface area contributed by atoms with E-state index < -0.39 is 10.1 Å². The van der Waals surface area contributed by atoms with Gasteiger partial charge in [-0.1, -0.05) is 32.0 Å². The molecule has 10 heteroatoms. The Morgan fingerprint density at radius 3 is 2.52 bits per heavy atom. The zero-order valence-electron chi connectivity index (χ0n) is 17.0. The van der Waals surface area contributed by atoms with Gasteiger partial charge in [-0.15, -0.1) is 0 Å². The number of hydrogen-bond donors (Lipinski definition) is 3. The fourth-order valence-corrected chi connectivity index (χ4v) is 2.74. The van der Waals surface area contributed by atoms with Gasteiger partial charge >= 0.3 is 0 Å². The van der Waals surface area contributed by atoms with Crippen LogP contribution in [0.4, 0.5) is 5.82 Å². The van der Waals surface area contributed by atoms with E-state index in [0.717, 1.165) is 28.5 Å². The van der Waals surface area contributed by atoms with Crippen molar-refractivity contribution in [2.45, 2.75) is 27.3 Å². The van der Waals surface area contributed by atoms with Crippen molar-refractivity contribution in [2.24, 2.45) is 5.92 Å². The molecule has 0 radical (unpaired) electrons. The number of pyridine rings is 1. The van der Waals surface area contributed by atoms with Gasteiger partial charge in [0.2, 0.25) is 5.91 Å². The summed E-state index contributed by atoms with van der Waals surface area (Å²) < 4.78 is 29.0. The van der Waals surface area contributed by atoms with Crippen molar-refractivity contribution in [1.29, 1.82) is 0 Å². The van der Waals surface area contributed by atoms with Gasteiger partial charge in [0.05, 0.1) is 29.7 Å². The summed E-state index contributed by atoms with van der Waals surface area (Å²) in [6.07, 6.45) is 1.83. The lowest BCUT2D eigenvalue weighted by Gasteiger charge is -2.11. The third-order valence-electron chi connectivity index (χ3n) is 3.98. The van der Waals surface area contributed by atoms with Gasteiger partial charge in [-0.2, -0.15) is 8.42 Å². The molecule has 0 aliphatic carbocycles. The molecular weight excluding hydrogens is 394 g/mol. The van der Waals surface area contributed by atoms with E-state index in [9.17, 15) is 13.2 Å². The highest BCUT2D eigenvalue weighted by Crippen LogP contribution is 2.29. The van der Waals surface area contributed by atoms with E-state index >= 15 is 0 Å². The number of aromatic nitrogens is 3. The van der Waals surface area contributed by atoms with E-state index in [4.69, 9.17) is 4.55 Å². The molecule has 1 aromatic carbocycles. The first-order valence-electron chi connectivity index (χ1n) is 9.29. The zero-order chi connectivity index (χ0) is 21.6. The third-order valence-corrected chi connectivity index (χ3v) is 4.70. The molecule has 0 fully saturated rings. The highest BCUT2D eigenvalue weighted by atomic mass is 32.2. The molecule has 0 saturated carbocycles. The normalized spacial score (nSPS) is 11.5. The number of rotatable bonds is 6. The lowest BCUT2D eigenvalue weighted by molar-refractivity contribution is -0.115. The first kappa shape index (κ1) is 22.7. The number of anilines is 1. The van der Waals surface area contributed by atoms with Crippen LogP contribution in [0.25, 0.3) is 21.9 Å². The number of para-hydroxylation sites is 1. The number of benzene rings is 1. The number of imidazole rings is 1. The molecular formula is C19H27N5O4S. The quantitative estimate of drug-likeness (QED) is 0.521. The van der Waals surface area contributed by atoms with Crippen molar-refractivity contribution >= 4 is 43.8 Å². The second-order valence-corrected chi connectivity index (χ2v) is 8.66. The minimum absolute atomic E-state index is 0.130. The SMILES string of the molecule is CCS(=O)(=O)O.CNCC(=O)Nc1nc2ccccc2c2c1ncn2CC(C)C. The van der Waals surface area contributed by atoms with Crippen molar-refractivity contribution in [2.75, 3.05) is 24.7 Å². The molecule has 0 aliphatic rings. The Hall–Kier alpha value is -2.56. The van der Waals surface area contributed by atoms with Crippen LogP contribution in [0.5, 0.6) is 0 Å². The Morgan fingerprint density at radius 2 is 1.93 bits per heavy atom. The maximum Gasteiger partial charge on any atom is 0.264 e. The molecule has 2 heterocycles. The van der Waals surface area contributed by atoms with Gasteiger partial charge < -0.3 is 15.2 Å².